The van der Waals surface area contributed by atoms with Gasteiger partial charge in [0.2, 0.25) is 0 Å². The van der Waals surface area contributed by atoms with Gasteiger partial charge in [-0.05, 0) is 30.7 Å². The first-order valence-electron chi connectivity index (χ1n) is 6.01. The van der Waals surface area contributed by atoms with Crippen LogP contribution in [-0.2, 0) is 0 Å². The van der Waals surface area contributed by atoms with Crippen molar-refractivity contribution in [3.8, 4) is 11.4 Å². The fourth-order valence-electron chi connectivity index (χ4n) is 2.03. The topological polar surface area (TPSA) is 67.5 Å². The number of halogens is 2. The first kappa shape index (κ1) is 13.2. The Morgan fingerprint density at radius 1 is 1.19 bits per heavy atom. The van der Waals surface area contributed by atoms with Crippen LogP contribution in [0.5, 0.6) is 0 Å². The molecule has 2 heterocycles. The van der Waals surface area contributed by atoms with E-state index in [1.54, 1.807) is 0 Å². The predicted molar refractivity (Wildman–Crippen MR) is 70.0 cm³/mol. The predicted octanol–water partition coefficient (Wildman–Crippen LogP) is 2.68. The lowest BCUT2D eigenvalue weighted by Crippen LogP contribution is -2.00. The van der Waals surface area contributed by atoms with Crippen LogP contribution in [0.25, 0.3) is 17.0 Å². The maximum Gasteiger partial charge on any atom is 0.337 e. The molecule has 1 aromatic carbocycles. The zero-order valence-corrected chi connectivity index (χ0v) is 10.8. The molecule has 0 atom stereocenters. The molecule has 0 aliphatic rings. The van der Waals surface area contributed by atoms with Crippen LogP contribution in [0.3, 0.4) is 0 Å². The summed E-state index contributed by atoms with van der Waals surface area (Å²) in [6, 6.07) is 4.93. The number of hydrogen-bond donors (Lipinski definition) is 1. The molecule has 3 rings (SSSR count). The van der Waals surface area contributed by atoms with Crippen molar-refractivity contribution in [3.05, 3.63) is 53.2 Å². The second-order valence-corrected chi connectivity index (χ2v) is 4.56. The van der Waals surface area contributed by atoms with Crippen molar-refractivity contribution >= 4 is 11.6 Å². The van der Waals surface area contributed by atoms with Gasteiger partial charge in [0.05, 0.1) is 11.1 Å². The largest absolute Gasteiger partial charge is 0.478 e. The third-order valence-corrected chi connectivity index (χ3v) is 3.14. The van der Waals surface area contributed by atoms with E-state index < -0.39 is 17.6 Å². The number of carbonyl (C=O) groups is 1. The van der Waals surface area contributed by atoms with Gasteiger partial charge in [-0.3, -0.25) is 4.40 Å². The molecule has 0 amide bonds. The minimum atomic E-state index is -1.12. The summed E-state index contributed by atoms with van der Waals surface area (Å²) in [4.78, 5) is 11.0. The summed E-state index contributed by atoms with van der Waals surface area (Å²) in [6.07, 6.45) is 1.30. The monoisotopic (exact) mass is 289 g/mol. The summed E-state index contributed by atoms with van der Waals surface area (Å²) in [5, 5.41) is 16.7. The molecular weight excluding hydrogens is 280 g/mol. The maximum absolute atomic E-state index is 13.9. The van der Waals surface area contributed by atoms with Gasteiger partial charge in [-0.1, -0.05) is 0 Å². The van der Waals surface area contributed by atoms with Crippen LogP contribution in [0.2, 0.25) is 0 Å². The molecule has 0 unspecified atom stereocenters. The fourth-order valence-corrected chi connectivity index (χ4v) is 2.03. The number of fused-ring (bicyclic) bond motifs is 1. The second kappa shape index (κ2) is 4.62. The van der Waals surface area contributed by atoms with Crippen LogP contribution in [0.4, 0.5) is 8.78 Å². The highest BCUT2D eigenvalue weighted by atomic mass is 19.1. The van der Waals surface area contributed by atoms with Gasteiger partial charge in [0.15, 0.2) is 11.5 Å². The van der Waals surface area contributed by atoms with Crippen molar-refractivity contribution in [2.75, 3.05) is 0 Å². The number of hydrogen-bond acceptors (Lipinski definition) is 3. The van der Waals surface area contributed by atoms with E-state index in [2.05, 4.69) is 10.2 Å². The number of benzene rings is 1. The highest BCUT2D eigenvalue weighted by Gasteiger charge is 2.16. The maximum atomic E-state index is 13.9. The number of pyridine rings is 1. The highest BCUT2D eigenvalue weighted by molar-refractivity contribution is 5.87. The second-order valence-electron chi connectivity index (χ2n) is 4.56. The van der Waals surface area contributed by atoms with E-state index in [1.807, 2.05) is 0 Å². The Morgan fingerprint density at radius 3 is 2.67 bits per heavy atom. The Morgan fingerprint density at radius 2 is 1.95 bits per heavy atom. The number of aryl methyl sites for hydroxylation is 1. The zero-order chi connectivity index (χ0) is 15.1. The molecule has 5 nitrogen and oxygen atoms in total. The minimum absolute atomic E-state index is 0.0165. The SMILES string of the molecule is Cc1cc(-c2nnc3ccc(C(=O)O)cn23)c(F)cc1F. The summed E-state index contributed by atoms with van der Waals surface area (Å²) < 4.78 is 28.6. The molecule has 0 spiro atoms. The molecule has 2 aromatic heterocycles. The Bertz CT molecular complexity index is 874. The van der Waals surface area contributed by atoms with Crippen LogP contribution >= 0.6 is 0 Å². The summed E-state index contributed by atoms with van der Waals surface area (Å²) in [5.41, 5.74) is 0.709. The molecule has 0 saturated heterocycles. The molecule has 7 heteroatoms. The number of carboxylic acid groups (broad SMARTS) is 1. The van der Waals surface area contributed by atoms with E-state index in [0.717, 1.165) is 6.07 Å². The van der Waals surface area contributed by atoms with Crippen molar-refractivity contribution in [2.45, 2.75) is 6.92 Å². The van der Waals surface area contributed by atoms with Crippen LogP contribution in [-0.4, -0.2) is 25.7 Å². The lowest BCUT2D eigenvalue weighted by Gasteiger charge is -2.05. The first-order chi connectivity index (χ1) is 9.97. The molecule has 0 saturated carbocycles. The molecule has 1 N–H and O–H groups in total. The van der Waals surface area contributed by atoms with Crippen molar-refractivity contribution < 1.29 is 18.7 Å². The highest BCUT2D eigenvalue weighted by Crippen LogP contribution is 2.25. The van der Waals surface area contributed by atoms with E-state index >= 15 is 0 Å². The average molecular weight is 289 g/mol. The van der Waals surface area contributed by atoms with Crippen LogP contribution in [0.1, 0.15) is 15.9 Å². The van der Waals surface area contributed by atoms with Gasteiger partial charge >= 0.3 is 5.97 Å². The summed E-state index contributed by atoms with van der Waals surface area (Å²) in [6.45, 7) is 1.50. The minimum Gasteiger partial charge on any atom is -0.478 e. The van der Waals surface area contributed by atoms with E-state index in [9.17, 15) is 13.6 Å². The van der Waals surface area contributed by atoms with Crippen molar-refractivity contribution in [3.63, 3.8) is 0 Å². The molecule has 3 aromatic rings. The van der Waals surface area contributed by atoms with Gasteiger partial charge < -0.3 is 5.11 Å². The van der Waals surface area contributed by atoms with E-state index in [1.165, 1.54) is 35.7 Å². The zero-order valence-electron chi connectivity index (χ0n) is 10.8. The van der Waals surface area contributed by atoms with Gasteiger partial charge in [0.25, 0.3) is 0 Å². The van der Waals surface area contributed by atoms with Crippen molar-refractivity contribution in [2.24, 2.45) is 0 Å². The fraction of sp³-hybridized carbons (Fsp3) is 0.0714. The number of carboxylic acids is 1. The van der Waals surface area contributed by atoms with Gasteiger partial charge in [-0.15, -0.1) is 10.2 Å². The summed E-state index contributed by atoms with van der Waals surface area (Å²) in [7, 11) is 0. The molecule has 0 aliphatic heterocycles. The van der Waals surface area contributed by atoms with Crippen molar-refractivity contribution in [1.29, 1.82) is 0 Å². The third-order valence-electron chi connectivity index (χ3n) is 3.14. The van der Waals surface area contributed by atoms with E-state index in [4.69, 9.17) is 5.11 Å². The molecule has 0 radical (unpaired) electrons. The van der Waals surface area contributed by atoms with Crippen LogP contribution in [0, 0.1) is 18.6 Å². The number of aromatic nitrogens is 3. The lowest BCUT2D eigenvalue weighted by atomic mass is 10.1. The quantitative estimate of drug-likeness (QED) is 0.787. The Balaban J connectivity index is 2.27. The van der Waals surface area contributed by atoms with Gasteiger partial charge in [-0.25, -0.2) is 13.6 Å². The molecule has 0 fully saturated rings. The Labute approximate surface area is 117 Å². The van der Waals surface area contributed by atoms with Gasteiger partial charge in [0.1, 0.15) is 11.6 Å². The molecule has 21 heavy (non-hydrogen) atoms. The normalized spacial score (nSPS) is 11.0. The number of rotatable bonds is 2. The molecule has 0 bridgehead atoms. The van der Waals surface area contributed by atoms with E-state index in [-0.39, 0.29) is 22.5 Å². The van der Waals surface area contributed by atoms with Crippen LogP contribution in [0.15, 0.2) is 30.5 Å². The average Bonchev–Trinajstić information content (AvgIpc) is 2.85. The number of aromatic carboxylic acids is 1. The Hall–Kier alpha value is -2.83. The molecule has 106 valence electrons. The molecule has 0 aliphatic carbocycles. The molecular formula is C14H9F2N3O2. The van der Waals surface area contributed by atoms with Crippen molar-refractivity contribution in [1.82, 2.24) is 14.6 Å². The lowest BCUT2D eigenvalue weighted by molar-refractivity contribution is 0.0696. The smallest absolute Gasteiger partial charge is 0.337 e. The van der Waals surface area contributed by atoms with Gasteiger partial charge in [-0.2, -0.15) is 0 Å². The summed E-state index contributed by atoms with van der Waals surface area (Å²) >= 11 is 0. The standard InChI is InChI=1S/C14H9F2N3O2/c1-7-4-9(11(16)5-10(7)15)13-18-17-12-3-2-8(14(20)21)6-19(12)13/h2-6H,1H3,(H,20,21). The van der Waals surface area contributed by atoms with Gasteiger partial charge in [0, 0.05) is 12.3 Å². The van der Waals surface area contributed by atoms with E-state index in [0.29, 0.717) is 5.65 Å². The summed E-state index contributed by atoms with van der Waals surface area (Å²) in [5.74, 6) is -2.44. The van der Waals surface area contributed by atoms with Crippen LogP contribution < -0.4 is 0 Å². The number of nitrogens with zero attached hydrogens (tertiary/aromatic N) is 3. The third kappa shape index (κ3) is 2.12. The Kier molecular flexibility index (Phi) is 2.90. The first-order valence-corrected chi connectivity index (χ1v) is 6.01.